The van der Waals surface area contributed by atoms with Crippen LogP contribution in [0.4, 0.5) is 16.2 Å². The summed E-state index contributed by atoms with van der Waals surface area (Å²) in [6, 6.07) is 12.2. The van der Waals surface area contributed by atoms with Crippen LogP contribution in [0.3, 0.4) is 0 Å². The van der Waals surface area contributed by atoms with Gasteiger partial charge < -0.3 is 24.8 Å². The van der Waals surface area contributed by atoms with Crippen molar-refractivity contribution in [3.63, 3.8) is 0 Å². The number of carbonyl (C=O) groups is 2. The number of hydrogen-bond donors (Lipinski definition) is 2. The van der Waals surface area contributed by atoms with Gasteiger partial charge in [-0.1, -0.05) is 18.2 Å². The van der Waals surface area contributed by atoms with Gasteiger partial charge in [-0.2, -0.15) is 0 Å². The lowest BCUT2D eigenvalue weighted by atomic mass is 9.83. The molecule has 30 heavy (non-hydrogen) atoms. The maximum atomic E-state index is 13.0. The Hall–Kier alpha value is -3.13. The van der Waals surface area contributed by atoms with Gasteiger partial charge in [-0.15, -0.1) is 0 Å². The van der Waals surface area contributed by atoms with Crippen LogP contribution in [0.15, 0.2) is 47.3 Å². The minimum absolute atomic E-state index is 0.0956. The molecule has 1 saturated heterocycles. The first-order valence-corrected chi connectivity index (χ1v) is 10.2. The number of rotatable bonds is 5. The van der Waals surface area contributed by atoms with E-state index in [0.29, 0.717) is 38.3 Å². The van der Waals surface area contributed by atoms with Gasteiger partial charge in [0.2, 0.25) is 5.91 Å². The lowest BCUT2D eigenvalue weighted by Gasteiger charge is -2.43. The molecule has 1 fully saturated rings. The van der Waals surface area contributed by atoms with Crippen molar-refractivity contribution in [3.8, 4) is 0 Å². The number of para-hydroxylation sites is 1. The van der Waals surface area contributed by atoms with Crippen molar-refractivity contribution in [1.29, 1.82) is 0 Å². The number of pyridine rings is 1. The smallest absolute Gasteiger partial charge is 0.323 e. The highest BCUT2D eigenvalue weighted by atomic mass is 16.5. The van der Waals surface area contributed by atoms with E-state index in [1.165, 1.54) is 0 Å². The Bertz CT molecular complexity index is 988. The summed E-state index contributed by atoms with van der Waals surface area (Å²) in [7, 11) is 1.59. The van der Waals surface area contributed by atoms with Crippen LogP contribution in [0.25, 0.3) is 0 Å². The van der Waals surface area contributed by atoms with Crippen molar-refractivity contribution in [3.05, 3.63) is 58.5 Å². The van der Waals surface area contributed by atoms with Crippen LogP contribution in [0.2, 0.25) is 0 Å². The summed E-state index contributed by atoms with van der Waals surface area (Å²) in [6.07, 6.45) is 1.34. The molecule has 0 aliphatic carbocycles. The number of benzene rings is 1. The van der Waals surface area contributed by atoms with Crippen molar-refractivity contribution in [2.75, 3.05) is 37.4 Å². The molecule has 0 saturated carbocycles. The van der Waals surface area contributed by atoms with Gasteiger partial charge in [0, 0.05) is 44.0 Å². The Morgan fingerprint density at radius 1 is 1.07 bits per heavy atom. The van der Waals surface area contributed by atoms with Gasteiger partial charge >= 0.3 is 6.03 Å². The molecule has 3 amide bonds. The lowest BCUT2D eigenvalue weighted by molar-refractivity contribution is -0.134. The molecular formula is C22H26N4O4. The third kappa shape index (κ3) is 4.23. The average molecular weight is 410 g/mol. The van der Waals surface area contributed by atoms with Crippen LogP contribution in [0.5, 0.6) is 0 Å². The summed E-state index contributed by atoms with van der Waals surface area (Å²) in [5.74, 6) is 0.455. The maximum absolute atomic E-state index is 13.0. The van der Waals surface area contributed by atoms with Gasteiger partial charge in [0.15, 0.2) is 0 Å². The number of nitrogens with zero attached hydrogens (tertiary/aromatic N) is 2. The predicted molar refractivity (Wildman–Crippen MR) is 114 cm³/mol. The van der Waals surface area contributed by atoms with Crippen molar-refractivity contribution < 1.29 is 14.3 Å². The van der Waals surface area contributed by atoms with Crippen LogP contribution in [0, 0.1) is 5.92 Å². The van der Waals surface area contributed by atoms with Crippen molar-refractivity contribution in [2.24, 2.45) is 5.92 Å². The fourth-order valence-corrected chi connectivity index (χ4v) is 4.40. The molecule has 0 spiro atoms. The molecule has 158 valence electrons. The number of likely N-dealkylation sites (tertiary alicyclic amines) is 1. The number of anilines is 2. The Morgan fingerprint density at radius 2 is 1.87 bits per heavy atom. The summed E-state index contributed by atoms with van der Waals surface area (Å²) in [5, 5.41) is 5.38. The van der Waals surface area contributed by atoms with Gasteiger partial charge in [-0.05, 0) is 36.6 Å². The zero-order valence-electron chi connectivity index (χ0n) is 17.0. The molecule has 3 heterocycles. The number of ether oxygens (including phenoxy) is 1. The third-order valence-corrected chi connectivity index (χ3v) is 5.76. The second kappa shape index (κ2) is 8.71. The topological polar surface area (TPSA) is 92.7 Å². The highest BCUT2D eigenvalue weighted by Gasteiger charge is 2.36. The van der Waals surface area contributed by atoms with Crippen LogP contribution in [-0.4, -0.2) is 48.2 Å². The minimum atomic E-state index is -0.454. The number of nitrogens with one attached hydrogen (secondary N) is 2. The summed E-state index contributed by atoms with van der Waals surface area (Å²) in [4.78, 5) is 39.6. The Kier molecular flexibility index (Phi) is 5.85. The molecular weight excluding hydrogens is 384 g/mol. The van der Waals surface area contributed by atoms with Crippen LogP contribution < -0.4 is 16.2 Å². The molecule has 1 aromatic carbocycles. The minimum Gasteiger partial charge on any atom is -0.384 e. The van der Waals surface area contributed by atoms with Crippen LogP contribution >= 0.6 is 0 Å². The molecule has 8 heteroatoms. The van der Waals surface area contributed by atoms with Crippen molar-refractivity contribution >= 4 is 23.3 Å². The second-order valence-corrected chi connectivity index (χ2v) is 7.87. The molecule has 2 atom stereocenters. The fourth-order valence-electron chi connectivity index (χ4n) is 4.40. The molecule has 8 nitrogen and oxygen atoms in total. The van der Waals surface area contributed by atoms with Gasteiger partial charge in [0.05, 0.1) is 13.0 Å². The Balaban J connectivity index is 1.48. The molecule has 2 aromatic rings. The first kappa shape index (κ1) is 20.2. The summed E-state index contributed by atoms with van der Waals surface area (Å²) >= 11 is 0. The number of hydrogen-bond acceptors (Lipinski definition) is 4. The highest BCUT2D eigenvalue weighted by molar-refractivity contribution is 5.99. The molecule has 2 aliphatic rings. The average Bonchev–Trinajstić information content (AvgIpc) is 2.75. The molecule has 2 N–H and O–H groups in total. The molecule has 2 bridgehead atoms. The maximum Gasteiger partial charge on any atom is 0.323 e. The van der Waals surface area contributed by atoms with E-state index in [-0.39, 0.29) is 29.0 Å². The summed E-state index contributed by atoms with van der Waals surface area (Å²) in [5.41, 5.74) is 1.63. The van der Waals surface area contributed by atoms with Gasteiger partial charge in [-0.3, -0.25) is 9.59 Å². The second-order valence-electron chi connectivity index (χ2n) is 7.87. The van der Waals surface area contributed by atoms with Gasteiger partial charge in [0.1, 0.15) is 5.69 Å². The van der Waals surface area contributed by atoms with Crippen LogP contribution in [-0.2, 0) is 16.1 Å². The van der Waals surface area contributed by atoms with E-state index in [1.54, 1.807) is 29.9 Å². The molecule has 2 aliphatic heterocycles. The number of aromatic nitrogens is 1. The Morgan fingerprint density at radius 3 is 2.63 bits per heavy atom. The van der Waals surface area contributed by atoms with Crippen molar-refractivity contribution in [2.45, 2.75) is 25.3 Å². The number of amides is 3. The van der Waals surface area contributed by atoms with Gasteiger partial charge in [-0.25, -0.2) is 4.79 Å². The van der Waals surface area contributed by atoms with Crippen molar-refractivity contribution in [1.82, 2.24) is 9.47 Å². The first-order valence-electron chi connectivity index (χ1n) is 10.2. The number of fused-ring (bicyclic) bond motifs is 4. The Labute approximate surface area is 174 Å². The number of methoxy groups -OCH3 is 1. The first-order chi connectivity index (χ1) is 14.5. The fraction of sp³-hybridized carbons (Fsp3) is 0.409. The van der Waals surface area contributed by atoms with E-state index in [1.807, 2.05) is 29.2 Å². The third-order valence-electron chi connectivity index (χ3n) is 5.76. The monoisotopic (exact) mass is 410 g/mol. The SMILES string of the molecule is COCCC(=O)N1C[C@@H]2C[C@H](C1)c1ccc(NC(=O)Nc3ccccc3)c(=O)n1C2. The van der Waals surface area contributed by atoms with E-state index >= 15 is 0 Å². The predicted octanol–water partition coefficient (Wildman–Crippen LogP) is 2.47. The number of urea groups is 1. The van der Waals surface area contributed by atoms with E-state index < -0.39 is 6.03 Å². The standard InChI is InChI=1S/C22H26N4O4/c1-30-10-9-20(27)25-12-15-11-16(14-25)19-8-7-18(21(28)26(19)13-15)24-22(29)23-17-5-3-2-4-6-17/h2-8,15-16H,9-14H2,1H3,(H2,23,24,29)/t15-,16+/m0/s1. The van der Waals surface area contributed by atoms with E-state index in [9.17, 15) is 14.4 Å². The summed E-state index contributed by atoms with van der Waals surface area (Å²) in [6.45, 7) is 2.23. The normalized spacial score (nSPS) is 19.7. The van der Waals surface area contributed by atoms with Gasteiger partial charge in [0.25, 0.3) is 5.56 Å². The van der Waals surface area contributed by atoms with E-state index in [0.717, 1.165) is 12.1 Å². The largest absolute Gasteiger partial charge is 0.384 e. The zero-order valence-corrected chi connectivity index (χ0v) is 17.0. The number of carbonyl (C=O) groups excluding carboxylic acids is 2. The van der Waals surface area contributed by atoms with E-state index in [4.69, 9.17) is 4.74 Å². The highest BCUT2D eigenvalue weighted by Crippen LogP contribution is 2.35. The molecule has 4 rings (SSSR count). The quantitative estimate of drug-likeness (QED) is 0.792. The van der Waals surface area contributed by atoms with Crippen LogP contribution in [0.1, 0.15) is 24.5 Å². The molecule has 0 radical (unpaired) electrons. The molecule has 1 aromatic heterocycles. The van der Waals surface area contributed by atoms with E-state index in [2.05, 4.69) is 10.6 Å². The lowest BCUT2D eigenvalue weighted by Crippen LogP contribution is -2.49. The number of piperidine rings is 1. The summed E-state index contributed by atoms with van der Waals surface area (Å²) < 4.78 is 6.78. The molecule has 0 unspecified atom stereocenters. The zero-order chi connectivity index (χ0) is 21.1.